The monoisotopic (exact) mass is 295 g/mol. The number of amides is 1. The molecule has 3 rings (SSSR count). The van der Waals surface area contributed by atoms with Crippen LogP contribution in [0.25, 0.3) is 10.9 Å². The Hall–Kier alpha value is -2.01. The van der Waals surface area contributed by atoms with Crippen LogP contribution in [0.1, 0.15) is 22.1 Å². The quantitative estimate of drug-likeness (QED) is 0.886. The fraction of sp³-hybridized carbons (Fsp3) is 0.438. The molecular weight excluding hydrogens is 266 g/mol. The van der Waals surface area contributed by atoms with Crippen molar-refractivity contribution in [3.8, 4) is 0 Å². The zero-order valence-corrected chi connectivity index (χ0v) is 11.5. The molecule has 0 radical (unpaired) electrons. The van der Waals surface area contributed by atoms with Gasteiger partial charge in [-0.05, 0) is 50.0 Å². The Labute approximate surface area is 135 Å². The highest BCUT2D eigenvalue weighted by Gasteiger charge is 2.22. The summed E-state index contributed by atoms with van der Waals surface area (Å²) in [6, 6.07) is -0.952. The summed E-state index contributed by atoms with van der Waals surface area (Å²) < 4.78 is 69.0. The molecule has 0 aliphatic carbocycles. The van der Waals surface area contributed by atoms with Crippen molar-refractivity contribution in [1.82, 2.24) is 15.2 Å². The highest BCUT2D eigenvalue weighted by molar-refractivity contribution is 5.84. The van der Waals surface area contributed by atoms with Gasteiger partial charge >= 0.3 is 6.09 Å². The molecule has 0 saturated carbocycles. The second kappa shape index (κ2) is 5.77. The fourth-order valence-corrected chi connectivity index (χ4v) is 2.20. The summed E-state index contributed by atoms with van der Waals surface area (Å²) in [4.78, 5) is 14.9. The van der Waals surface area contributed by atoms with Crippen LogP contribution in [0.4, 0.5) is 4.79 Å². The Balaban J connectivity index is 2.07. The molecule has 5 nitrogen and oxygen atoms in total. The molecule has 1 fully saturated rings. The van der Waals surface area contributed by atoms with Gasteiger partial charge in [-0.25, -0.2) is 4.79 Å². The molecule has 1 aliphatic heterocycles. The van der Waals surface area contributed by atoms with Gasteiger partial charge in [0.1, 0.15) is 6.61 Å². The van der Waals surface area contributed by atoms with Crippen molar-refractivity contribution in [1.29, 1.82) is 0 Å². The minimum Gasteiger partial charge on any atom is -0.447 e. The molecule has 1 amide bonds. The van der Waals surface area contributed by atoms with Gasteiger partial charge in [0, 0.05) is 30.5 Å². The van der Waals surface area contributed by atoms with Gasteiger partial charge < -0.3 is 19.9 Å². The van der Waals surface area contributed by atoms with E-state index in [4.69, 9.17) is 15.7 Å². The number of rotatable bonds is 5. The van der Waals surface area contributed by atoms with E-state index in [0.717, 1.165) is 4.90 Å². The number of hydrogen-bond donors (Lipinski definition) is 2. The lowest BCUT2D eigenvalue weighted by atomic mass is 10.0. The smallest absolute Gasteiger partial charge is 0.407 e. The number of H-pyrrole nitrogens is 1. The van der Waals surface area contributed by atoms with Crippen LogP contribution < -0.4 is 5.32 Å². The van der Waals surface area contributed by atoms with Crippen LogP contribution in [0.15, 0.2) is 24.3 Å². The van der Waals surface area contributed by atoms with Gasteiger partial charge in [0.05, 0.1) is 10.2 Å². The Kier molecular flexibility index (Phi) is 2.01. The molecule has 2 heterocycles. The molecule has 0 unspecified atom stereocenters. The number of cyclic esters (lactones) is 1. The summed E-state index contributed by atoms with van der Waals surface area (Å²) >= 11 is 0. The van der Waals surface area contributed by atoms with Crippen molar-refractivity contribution in [3.63, 3.8) is 0 Å². The minimum absolute atomic E-state index is 0.0510. The molecule has 2 aromatic rings. The molecule has 2 N–H and O–H groups in total. The zero-order valence-electron chi connectivity index (χ0n) is 19.5. The summed E-state index contributed by atoms with van der Waals surface area (Å²) in [7, 11) is 1.29. The number of likely N-dealkylation sites (N-methyl/N-ethyl adjacent to an activating group) is 1. The van der Waals surface area contributed by atoms with Gasteiger partial charge in [-0.3, -0.25) is 0 Å². The molecule has 1 atom stereocenters. The summed E-state index contributed by atoms with van der Waals surface area (Å²) in [6.45, 7) is -2.86. The number of aromatic nitrogens is 1. The minimum atomic E-state index is -2.48. The van der Waals surface area contributed by atoms with Crippen molar-refractivity contribution in [2.75, 3.05) is 27.2 Å². The largest absolute Gasteiger partial charge is 0.447 e. The molecule has 0 bridgehead atoms. The first-order chi connectivity index (χ1) is 13.3. The van der Waals surface area contributed by atoms with Gasteiger partial charge in [-0.1, -0.05) is 6.04 Å². The summed E-state index contributed by atoms with van der Waals surface area (Å²) in [6.07, 6.45) is -1.31. The predicted octanol–water partition coefficient (Wildman–Crippen LogP) is 1.92. The van der Waals surface area contributed by atoms with Gasteiger partial charge in [-0.15, -0.1) is 0 Å². The number of carbonyl (C=O) groups excluding carboxylic acids is 1. The molecular formula is C16H21N3O2. The lowest BCUT2D eigenvalue weighted by Crippen LogP contribution is -2.28. The number of hydrogen-bond acceptors (Lipinski definition) is 3. The van der Waals surface area contributed by atoms with Crippen molar-refractivity contribution >= 4 is 17.0 Å². The van der Waals surface area contributed by atoms with Gasteiger partial charge in [0.15, 0.2) is 0 Å². The fourth-order valence-electron chi connectivity index (χ4n) is 2.20. The summed E-state index contributed by atoms with van der Waals surface area (Å²) in [5.41, 5.74) is 0.389. The Morgan fingerprint density at radius 3 is 3.29 bits per heavy atom. The molecule has 21 heavy (non-hydrogen) atoms. The van der Waals surface area contributed by atoms with Gasteiger partial charge in [-0.2, -0.15) is 0 Å². The SMILES string of the molecule is [2H]c1c(C[C@H]2COC(=O)N2)c([2H])c2c(C([2H])([2H])CN(C)C([2H])([2H])[2H])c[nH]c2c1[2H]. The zero-order chi connectivity index (χ0) is 21.7. The Morgan fingerprint density at radius 1 is 1.62 bits per heavy atom. The van der Waals surface area contributed by atoms with Gasteiger partial charge in [0.25, 0.3) is 0 Å². The van der Waals surface area contributed by atoms with E-state index in [1.807, 2.05) is 0 Å². The third kappa shape index (κ3) is 3.19. The van der Waals surface area contributed by atoms with Crippen LogP contribution in [0.2, 0.25) is 0 Å². The van der Waals surface area contributed by atoms with Gasteiger partial charge in [0.2, 0.25) is 0 Å². The molecule has 0 spiro atoms. The maximum Gasteiger partial charge on any atom is 0.407 e. The molecule has 112 valence electrons. The highest BCUT2D eigenvalue weighted by atomic mass is 16.6. The standard InChI is InChI=1S/C16H21N3O2/c1-19(2)6-5-12-9-17-15-4-3-11(8-14(12)15)7-13-10-21-16(20)18-13/h3-4,8-9,13,17H,5-7,10H2,1-2H3,(H,18,20)/t13-/m0/s1/i1D3,3D,4D,5D2,8D. The van der Waals surface area contributed by atoms with E-state index in [9.17, 15) is 4.79 Å². The average Bonchev–Trinajstić information content (AvgIpc) is 3.22. The summed E-state index contributed by atoms with van der Waals surface area (Å²) in [5.74, 6) is 0. The maximum absolute atomic E-state index is 11.3. The van der Waals surface area contributed by atoms with Crippen LogP contribution in [-0.2, 0) is 17.5 Å². The summed E-state index contributed by atoms with van der Waals surface area (Å²) in [5, 5.41) is 2.70. The normalized spacial score (nSPS) is 25.0. The number of nitrogens with one attached hydrogen (secondary N) is 2. The van der Waals surface area contributed by atoms with Crippen LogP contribution in [0.3, 0.4) is 0 Å². The molecule has 1 saturated heterocycles. The maximum atomic E-state index is 11.3. The first kappa shape index (κ1) is 7.31. The highest BCUT2D eigenvalue weighted by Crippen LogP contribution is 2.21. The second-order valence-electron chi connectivity index (χ2n) is 4.98. The van der Waals surface area contributed by atoms with E-state index >= 15 is 0 Å². The predicted molar refractivity (Wildman–Crippen MR) is 82.5 cm³/mol. The van der Waals surface area contributed by atoms with E-state index in [2.05, 4.69) is 10.3 Å². The third-order valence-corrected chi connectivity index (χ3v) is 3.19. The van der Waals surface area contributed by atoms with E-state index < -0.39 is 32.0 Å². The number of fused-ring (bicyclic) bond motifs is 1. The van der Waals surface area contributed by atoms with E-state index in [-0.39, 0.29) is 53.2 Å². The van der Waals surface area contributed by atoms with Crippen LogP contribution in [0.5, 0.6) is 0 Å². The lowest BCUT2D eigenvalue weighted by molar-refractivity contribution is 0.177. The van der Waals surface area contributed by atoms with Crippen LogP contribution in [-0.4, -0.2) is 49.2 Å². The number of benzene rings is 1. The van der Waals surface area contributed by atoms with Crippen LogP contribution in [0, 0.1) is 0 Å². The number of alkyl carbamates (subject to hydrolysis) is 1. The molecule has 1 aromatic heterocycles. The lowest BCUT2D eigenvalue weighted by Gasteiger charge is -2.09. The van der Waals surface area contributed by atoms with Crippen molar-refractivity contribution in [2.45, 2.75) is 18.8 Å². The molecule has 1 aliphatic rings. The first-order valence-electron chi connectivity index (χ1n) is 10.6. The topological polar surface area (TPSA) is 57.4 Å². The number of carbonyl (C=O) groups is 1. The van der Waals surface area contributed by atoms with Crippen molar-refractivity contribution in [2.24, 2.45) is 0 Å². The molecule has 5 heteroatoms. The van der Waals surface area contributed by atoms with E-state index in [1.165, 1.54) is 13.2 Å². The van der Waals surface area contributed by atoms with Crippen molar-refractivity contribution < 1.29 is 20.5 Å². The Morgan fingerprint density at radius 2 is 2.52 bits per heavy atom. The number of nitrogens with zero attached hydrogens (tertiary/aromatic N) is 1. The molecule has 1 aromatic carbocycles. The van der Waals surface area contributed by atoms with E-state index in [1.54, 1.807) is 0 Å². The van der Waals surface area contributed by atoms with Crippen molar-refractivity contribution in [3.05, 3.63) is 35.5 Å². The van der Waals surface area contributed by atoms with Crippen LogP contribution >= 0.6 is 0 Å². The second-order valence-corrected chi connectivity index (χ2v) is 4.98. The average molecular weight is 295 g/mol. The first-order valence-corrected chi connectivity index (χ1v) is 6.57. The number of aromatic amines is 1. The third-order valence-electron chi connectivity index (χ3n) is 3.19. The number of ether oxygens (including phenoxy) is 1. The van der Waals surface area contributed by atoms with E-state index in [0.29, 0.717) is 0 Å². The Bertz CT molecular complexity index is 956.